The zero-order valence-corrected chi connectivity index (χ0v) is 15.8. The fraction of sp³-hybridized carbons (Fsp3) is 0.136. The maximum atomic E-state index is 12.3. The van der Waals surface area contributed by atoms with Crippen LogP contribution in [0, 0.1) is 0 Å². The maximum absolute atomic E-state index is 12.3. The SMILES string of the molecule is CCOc1cccc(-c2cc(C(=O)N/N=C\C(C)=C\c3ccccc3)[nH]n2)c1. The second-order valence-electron chi connectivity index (χ2n) is 6.13. The van der Waals surface area contributed by atoms with E-state index in [0.29, 0.717) is 18.0 Å². The van der Waals surface area contributed by atoms with Gasteiger partial charge < -0.3 is 4.74 Å². The standard InChI is InChI=1S/C22H22N4O2/c1-3-28-19-11-7-10-18(13-19)20-14-21(25-24-20)22(27)26-23-15-16(2)12-17-8-5-4-6-9-17/h4-15H,3H2,1-2H3,(H,24,25)(H,26,27)/b16-12+,23-15-. The van der Waals surface area contributed by atoms with Crippen molar-refractivity contribution in [3.63, 3.8) is 0 Å². The van der Waals surface area contributed by atoms with Crippen LogP contribution in [0.15, 0.2) is 71.3 Å². The second-order valence-corrected chi connectivity index (χ2v) is 6.13. The summed E-state index contributed by atoms with van der Waals surface area (Å²) in [7, 11) is 0. The summed E-state index contributed by atoms with van der Waals surface area (Å²) in [5.74, 6) is 0.405. The number of hydrogen-bond donors (Lipinski definition) is 2. The van der Waals surface area contributed by atoms with E-state index in [-0.39, 0.29) is 5.91 Å². The van der Waals surface area contributed by atoms with Gasteiger partial charge in [-0.05, 0) is 43.2 Å². The molecule has 2 N–H and O–H groups in total. The molecule has 1 amide bonds. The van der Waals surface area contributed by atoms with Crippen LogP contribution >= 0.6 is 0 Å². The zero-order chi connectivity index (χ0) is 19.8. The Morgan fingerprint density at radius 2 is 2.00 bits per heavy atom. The molecule has 0 bridgehead atoms. The Morgan fingerprint density at radius 3 is 2.79 bits per heavy atom. The molecule has 0 saturated carbocycles. The second kappa shape index (κ2) is 9.32. The van der Waals surface area contributed by atoms with E-state index in [0.717, 1.165) is 22.4 Å². The lowest BCUT2D eigenvalue weighted by Gasteiger charge is -2.03. The Labute approximate surface area is 163 Å². The summed E-state index contributed by atoms with van der Waals surface area (Å²) >= 11 is 0. The molecule has 3 rings (SSSR count). The van der Waals surface area contributed by atoms with Crippen LogP contribution < -0.4 is 10.2 Å². The molecule has 142 valence electrons. The summed E-state index contributed by atoms with van der Waals surface area (Å²) in [6.07, 6.45) is 3.59. The van der Waals surface area contributed by atoms with E-state index >= 15 is 0 Å². The Morgan fingerprint density at radius 1 is 1.18 bits per heavy atom. The van der Waals surface area contributed by atoms with E-state index in [1.54, 1.807) is 12.3 Å². The van der Waals surface area contributed by atoms with Crippen LogP contribution in [0.2, 0.25) is 0 Å². The van der Waals surface area contributed by atoms with Crippen molar-refractivity contribution in [2.45, 2.75) is 13.8 Å². The number of ether oxygens (including phenoxy) is 1. The van der Waals surface area contributed by atoms with Gasteiger partial charge in [-0.25, -0.2) is 5.43 Å². The summed E-state index contributed by atoms with van der Waals surface area (Å²) in [6.45, 7) is 4.44. The Hall–Kier alpha value is -3.67. The third-order valence-electron chi connectivity index (χ3n) is 3.89. The van der Waals surface area contributed by atoms with Crippen molar-refractivity contribution in [1.82, 2.24) is 15.6 Å². The zero-order valence-electron chi connectivity index (χ0n) is 15.8. The minimum atomic E-state index is -0.358. The van der Waals surface area contributed by atoms with Crippen molar-refractivity contribution >= 4 is 18.2 Å². The number of allylic oxidation sites excluding steroid dienone is 1. The number of nitrogens with zero attached hydrogens (tertiary/aromatic N) is 2. The summed E-state index contributed by atoms with van der Waals surface area (Å²) in [4.78, 5) is 12.3. The molecule has 6 nitrogen and oxygen atoms in total. The number of hydrogen-bond acceptors (Lipinski definition) is 4. The molecule has 0 saturated heterocycles. The van der Waals surface area contributed by atoms with E-state index < -0.39 is 0 Å². The molecular weight excluding hydrogens is 352 g/mol. The molecule has 3 aromatic rings. The highest BCUT2D eigenvalue weighted by atomic mass is 16.5. The Balaban J connectivity index is 1.63. The van der Waals surface area contributed by atoms with Gasteiger partial charge in [0.05, 0.1) is 18.5 Å². The molecule has 6 heteroatoms. The van der Waals surface area contributed by atoms with Crippen molar-refractivity contribution in [2.24, 2.45) is 5.10 Å². The van der Waals surface area contributed by atoms with Gasteiger partial charge >= 0.3 is 0 Å². The van der Waals surface area contributed by atoms with Crippen LogP contribution in [0.5, 0.6) is 5.75 Å². The number of H-pyrrole nitrogens is 1. The minimum Gasteiger partial charge on any atom is -0.494 e. The Bertz CT molecular complexity index is 991. The normalized spacial score (nSPS) is 11.6. The van der Waals surface area contributed by atoms with Gasteiger partial charge in [0.1, 0.15) is 11.4 Å². The minimum absolute atomic E-state index is 0.332. The fourth-order valence-electron chi connectivity index (χ4n) is 2.60. The fourth-order valence-corrected chi connectivity index (χ4v) is 2.60. The first-order chi connectivity index (χ1) is 13.7. The lowest BCUT2D eigenvalue weighted by molar-refractivity contribution is 0.0950. The lowest BCUT2D eigenvalue weighted by atomic mass is 10.1. The molecule has 0 spiro atoms. The van der Waals surface area contributed by atoms with Gasteiger partial charge in [0.2, 0.25) is 0 Å². The monoisotopic (exact) mass is 374 g/mol. The highest BCUT2D eigenvalue weighted by Crippen LogP contribution is 2.22. The smallest absolute Gasteiger partial charge is 0.289 e. The van der Waals surface area contributed by atoms with Gasteiger partial charge in [0, 0.05) is 5.56 Å². The first-order valence-corrected chi connectivity index (χ1v) is 9.01. The van der Waals surface area contributed by atoms with Gasteiger partial charge in [0.25, 0.3) is 5.91 Å². The first kappa shape index (κ1) is 19.1. The van der Waals surface area contributed by atoms with Crippen LogP contribution in [0.4, 0.5) is 0 Å². The number of nitrogens with one attached hydrogen (secondary N) is 2. The van der Waals surface area contributed by atoms with Crippen molar-refractivity contribution in [3.05, 3.63) is 77.5 Å². The van der Waals surface area contributed by atoms with Crippen LogP contribution in [-0.4, -0.2) is 28.9 Å². The molecule has 0 aliphatic carbocycles. The largest absolute Gasteiger partial charge is 0.494 e. The Kier molecular flexibility index (Phi) is 6.36. The number of benzene rings is 2. The average molecular weight is 374 g/mol. The lowest BCUT2D eigenvalue weighted by Crippen LogP contribution is -2.17. The van der Waals surface area contributed by atoms with E-state index in [1.165, 1.54) is 0 Å². The van der Waals surface area contributed by atoms with Gasteiger partial charge in [-0.15, -0.1) is 0 Å². The highest BCUT2D eigenvalue weighted by molar-refractivity contribution is 5.94. The maximum Gasteiger partial charge on any atom is 0.289 e. The third-order valence-corrected chi connectivity index (χ3v) is 3.89. The van der Waals surface area contributed by atoms with Crippen molar-refractivity contribution in [2.75, 3.05) is 6.61 Å². The molecule has 0 atom stereocenters. The van der Waals surface area contributed by atoms with Crippen molar-refractivity contribution in [1.29, 1.82) is 0 Å². The molecule has 0 aliphatic rings. The van der Waals surface area contributed by atoms with Crippen LogP contribution in [0.1, 0.15) is 29.9 Å². The molecule has 0 unspecified atom stereocenters. The first-order valence-electron chi connectivity index (χ1n) is 9.01. The van der Waals surface area contributed by atoms with E-state index in [4.69, 9.17) is 4.74 Å². The molecule has 1 heterocycles. The number of aromatic nitrogens is 2. The number of hydrazone groups is 1. The quantitative estimate of drug-likeness (QED) is 0.478. The van der Waals surface area contributed by atoms with Gasteiger partial charge in [-0.1, -0.05) is 48.5 Å². The highest BCUT2D eigenvalue weighted by Gasteiger charge is 2.11. The van der Waals surface area contributed by atoms with Crippen molar-refractivity contribution in [3.8, 4) is 17.0 Å². The molecule has 28 heavy (non-hydrogen) atoms. The van der Waals surface area contributed by atoms with E-state index in [2.05, 4.69) is 20.7 Å². The molecular formula is C22H22N4O2. The van der Waals surface area contributed by atoms with Crippen LogP contribution in [0.25, 0.3) is 17.3 Å². The molecule has 0 radical (unpaired) electrons. The van der Waals surface area contributed by atoms with Crippen molar-refractivity contribution < 1.29 is 9.53 Å². The summed E-state index contributed by atoms with van der Waals surface area (Å²) in [6, 6.07) is 19.2. The average Bonchev–Trinajstić information content (AvgIpc) is 3.20. The number of amides is 1. The van der Waals surface area contributed by atoms with E-state index in [9.17, 15) is 4.79 Å². The summed E-state index contributed by atoms with van der Waals surface area (Å²) < 4.78 is 5.50. The van der Waals surface area contributed by atoms with Crippen LogP contribution in [0.3, 0.4) is 0 Å². The van der Waals surface area contributed by atoms with Gasteiger partial charge in [0.15, 0.2) is 0 Å². The molecule has 2 aromatic carbocycles. The predicted octanol–water partition coefficient (Wildman–Crippen LogP) is 4.29. The third kappa shape index (κ3) is 5.17. The summed E-state index contributed by atoms with van der Waals surface area (Å²) in [5, 5.41) is 10.9. The number of carbonyl (C=O) groups is 1. The molecule has 0 aliphatic heterocycles. The summed E-state index contributed by atoms with van der Waals surface area (Å²) in [5.41, 5.74) is 6.36. The van der Waals surface area contributed by atoms with Gasteiger partial charge in [-0.2, -0.15) is 10.2 Å². The molecule has 1 aromatic heterocycles. The predicted molar refractivity (Wildman–Crippen MR) is 111 cm³/mol. The van der Waals surface area contributed by atoms with Crippen LogP contribution in [-0.2, 0) is 0 Å². The van der Waals surface area contributed by atoms with E-state index in [1.807, 2.05) is 74.5 Å². The van der Waals surface area contributed by atoms with Gasteiger partial charge in [-0.3, -0.25) is 9.89 Å². The topological polar surface area (TPSA) is 79.4 Å². The number of rotatable bonds is 7. The number of carbonyl (C=O) groups excluding carboxylic acids is 1. The number of aromatic amines is 1. The molecule has 0 fully saturated rings.